The Labute approximate surface area is 133 Å². The molecular formula is C15H25ClN2O2S. The molecule has 0 fully saturated rings. The maximum absolute atomic E-state index is 12.3. The van der Waals surface area contributed by atoms with Gasteiger partial charge in [0.15, 0.2) is 0 Å². The molecule has 0 saturated carbocycles. The number of hydrogen-bond acceptors (Lipinski definition) is 3. The van der Waals surface area contributed by atoms with Crippen molar-refractivity contribution < 1.29 is 8.42 Å². The van der Waals surface area contributed by atoms with Crippen LogP contribution in [-0.2, 0) is 16.6 Å². The third kappa shape index (κ3) is 6.34. The van der Waals surface area contributed by atoms with Gasteiger partial charge in [-0.15, -0.1) is 0 Å². The fourth-order valence-corrected chi connectivity index (χ4v) is 3.59. The number of unbranched alkanes of at least 4 members (excludes halogenated alkanes) is 3. The fourth-order valence-electron chi connectivity index (χ4n) is 1.97. The highest BCUT2D eigenvalue weighted by Crippen LogP contribution is 2.22. The van der Waals surface area contributed by atoms with Gasteiger partial charge < -0.3 is 5.32 Å². The van der Waals surface area contributed by atoms with Gasteiger partial charge in [0.05, 0.1) is 5.02 Å². The van der Waals surface area contributed by atoms with Crippen molar-refractivity contribution in [3.63, 3.8) is 0 Å². The van der Waals surface area contributed by atoms with Gasteiger partial charge in [-0.1, -0.05) is 50.8 Å². The van der Waals surface area contributed by atoms with Gasteiger partial charge in [0, 0.05) is 13.1 Å². The van der Waals surface area contributed by atoms with Crippen molar-refractivity contribution in [1.82, 2.24) is 10.0 Å². The van der Waals surface area contributed by atoms with Gasteiger partial charge in [-0.05, 0) is 30.7 Å². The van der Waals surface area contributed by atoms with E-state index in [1.807, 2.05) is 13.0 Å². The Morgan fingerprint density at radius 2 is 1.90 bits per heavy atom. The molecule has 2 N–H and O–H groups in total. The Morgan fingerprint density at radius 3 is 2.57 bits per heavy atom. The lowest BCUT2D eigenvalue weighted by Crippen LogP contribution is -2.25. The van der Waals surface area contributed by atoms with Crippen LogP contribution in [-0.4, -0.2) is 21.5 Å². The monoisotopic (exact) mass is 332 g/mol. The average Bonchev–Trinajstić information content (AvgIpc) is 2.46. The average molecular weight is 333 g/mol. The first-order chi connectivity index (χ1) is 10.0. The summed E-state index contributed by atoms with van der Waals surface area (Å²) in [6.07, 6.45) is 4.14. The molecule has 0 spiro atoms. The van der Waals surface area contributed by atoms with Crippen molar-refractivity contribution in [2.75, 3.05) is 13.1 Å². The molecule has 0 saturated heterocycles. The first kappa shape index (κ1) is 18.4. The Kier molecular flexibility index (Phi) is 8.26. The largest absolute Gasteiger partial charge is 0.313 e. The van der Waals surface area contributed by atoms with Crippen LogP contribution in [0.1, 0.15) is 45.1 Å². The molecule has 120 valence electrons. The molecule has 0 amide bonds. The molecule has 1 aromatic rings. The Balaban J connectivity index is 2.72. The Bertz CT molecular complexity index is 532. The molecule has 0 unspecified atom stereocenters. The zero-order valence-corrected chi connectivity index (χ0v) is 14.4. The van der Waals surface area contributed by atoms with E-state index in [0.29, 0.717) is 13.1 Å². The molecule has 6 heteroatoms. The molecule has 0 heterocycles. The van der Waals surface area contributed by atoms with Gasteiger partial charge >= 0.3 is 0 Å². The molecular weight excluding hydrogens is 308 g/mol. The van der Waals surface area contributed by atoms with Crippen LogP contribution in [0.2, 0.25) is 5.02 Å². The summed E-state index contributed by atoms with van der Waals surface area (Å²) in [4.78, 5) is 0.162. The van der Waals surface area contributed by atoms with Crippen LogP contribution in [0.25, 0.3) is 0 Å². The quantitative estimate of drug-likeness (QED) is 0.646. The fraction of sp³-hybridized carbons (Fsp3) is 0.600. The third-order valence-electron chi connectivity index (χ3n) is 3.19. The van der Waals surface area contributed by atoms with Gasteiger partial charge in [0.1, 0.15) is 4.90 Å². The van der Waals surface area contributed by atoms with Crippen LogP contribution < -0.4 is 10.0 Å². The molecule has 0 aliphatic heterocycles. The molecule has 21 heavy (non-hydrogen) atoms. The second-order valence-corrected chi connectivity index (χ2v) is 7.15. The summed E-state index contributed by atoms with van der Waals surface area (Å²) in [5, 5.41) is 3.43. The van der Waals surface area contributed by atoms with Crippen LogP contribution in [0, 0.1) is 0 Å². The predicted molar refractivity (Wildman–Crippen MR) is 88.2 cm³/mol. The number of benzene rings is 1. The van der Waals surface area contributed by atoms with Crippen molar-refractivity contribution in [2.24, 2.45) is 0 Å². The third-order valence-corrected chi connectivity index (χ3v) is 5.13. The maximum Gasteiger partial charge on any atom is 0.242 e. The number of rotatable bonds is 10. The minimum atomic E-state index is -3.54. The first-order valence-corrected chi connectivity index (χ1v) is 9.36. The number of hydrogen-bond donors (Lipinski definition) is 2. The topological polar surface area (TPSA) is 58.2 Å². The lowest BCUT2D eigenvalue weighted by Gasteiger charge is -2.10. The highest BCUT2D eigenvalue weighted by Gasteiger charge is 2.17. The van der Waals surface area contributed by atoms with E-state index in [1.54, 1.807) is 12.1 Å². The van der Waals surface area contributed by atoms with E-state index in [9.17, 15) is 8.42 Å². The van der Waals surface area contributed by atoms with E-state index in [2.05, 4.69) is 17.0 Å². The van der Waals surface area contributed by atoms with Gasteiger partial charge in [-0.25, -0.2) is 13.1 Å². The normalized spacial score (nSPS) is 11.8. The molecule has 0 aliphatic rings. The zero-order chi connectivity index (χ0) is 15.7. The predicted octanol–water partition coefficient (Wildman–Crippen LogP) is 3.31. The number of sulfonamides is 1. The van der Waals surface area contributed by atoms with E-state index < -0.39 is 10.0 Å². The van der Waals surface area contributed by atoms with Crippen molar-refractivity contribution in [3.8, 4) is 0 Å². The minimum Gasteiger partial charge on any atom is -0.313 e. The minimum absolute atomic E-state index is 0.162. The number of halogens is 1. The number of nitrogens with one attached hydrogen (secondary N) is 2. The lowest BCUT2D eigenvalue weighted by atomic mass is 10.2. The summed E-state index contributed by atoms with van der Waals surface area (Å²) >= 11 is 6.04. The van der Waals surface area contributed by atoms with Crippen LogP contribution in [0.3, 0.4) is 0 Å². The van der Waals surface area contributed by atoms with Crippen molar-refractivity contribution in [2.45, 2.75) is 51.0 Å². The summed E-state index contributed by atoms with van der Waals surface area (Å²) in [6.45, 7) is 6.05. The van der Waals surface area contributed by atoms with E-state index in [-0.39, 0.29) is 9.92 Å². The van der Waals surface area contributed by atoms with Crippen LogP contribution in [0.5, 0.6) is 0 Å². The SMILES string of the molecule is CCCCCCNS(=O)(=O)c1cc(CNCC)ccc1Cl. The van der Waals surface area contributed by atoms with Gasteiger partial charge in [0.2, 0.25) is 10.0 Å². The Morgan fingerprint density at radius 1 is 1.14 bits per heavy atom. The molecule has 1 aromatic carbocycles. The van der Waals surface area contributed by atoms with Crippen molar-refractivity contribution in [3.05, 3.63) is 28.8 Å². The molecule has 0 bridgehead atoms. The lowest BCUT2D eigenvalue weighted by molar-refractivity contribution is 0.573. The summed E-state index contributed by atoms with van der Waals surface area (Å²) in [5.41, 5.74) is 0.910. The molecule has 0 atom stereocenters. The molecule has 4 nitrogen and oxygen atoms in total. The summed E-state index contributed by atoms with van der Waals surface area (Å²) in [7, 11) is -3.54. The van der Waals surface area contributed by atoms with Crippen LogP contribution in [0.4, 0.5) is 0 Å². The van der Waals surface area contributed by atoms with E-state index in [1.165, 1.54) is 0 Å². The van der Waals surface area contributed by atoms with Crippen LogP contribution >= 0.6 is 11.6 Å². The molecule has 0 aromatic heterocycles. The van der Waals surface area contributed by atoms with Gasteiger partial charge in [-0.2, -0.15) is 0 Å². The van der Waals surface area contributed by atoms with E-state index in [4.69, 9.17) is 11.6 Å². The van der Waals surface area contributed by atoms with Gasteiger partial charge in [0.25, 0.3) is 0 Å². The second kappa shape index (κ2) is 9.41. The smallest absolute Gasteiger partial charge is 0.242 e. The Hall–Kier alpha value is -0.620. The van der Waals surface area contributed by atoms with E-state index >= 15 is 0 Å². The van der Waals surface area contributed by atoms with E-state index in [0.717, 1.165) is 37.8 Å². The second-order valence-electron chi connectivity index (χ2n) is 5.00. The maximum atomic E-state index is 12.3. The summed E-state index contributed by atoms with van der Waals surface area (Å²) in [5.74, 6) is 0. The van der Waals surface area contributed by atoms with Crippen LogP contribution in [0.15, 0.2) is 23.1 Å². The highest BCUT2D eigenvalue weighted by molar-refractivity contribution is 7.89. The molecule has 0 aliphatic carbocycles. The van der Waals surface area contributed by atoms with Crippen molar-refractivity contribution >= 4 is 21.6 Å². The molecule has 1 rings (SSSR count). The molecule has 0 radical (unpaired) electrons. The standard InChI is InChI=1S/C15H25ClN2O2S/c1-3-5-6-7-10-18-21(19,20)15-11-13(12-17-4-2)8-9-14(15)16/h8-9,11,17-18H,3-7,10,12H2,1-2H3. The van der Waals surface area contributed by atoms with Gasteiger partial charge in [-0.3, -0.25) is 0 Å². The van der Waals surface area contributed by atoms with Crippen molar-refractivity contribution in [1.29, 1.82) is 0 Å². The highest BCUT2D eigenvalue weighted by atomic mass is 35.5. The summed E-state index contributed by atoms with van der Waals surface area (Å²) < 4.78 is 27.2. The zero-order valence-electron chi connectivity index (χ0n) is 12.8. The first-order valence-electron chi connectivity index (χ1n) is 7.50. The summed E-state index contributed by atoms with van der Waals surface area (Å²) in [6, 6.07) is 5.12.